The first-order valence-corrected chi connectivity index (χ1v) is 9.59. The molecule has 1 atom stereocenters. The van der Waals surface area contributed by atoms with Crippen molar-refractivity contribution >= 4 is 28.5 Å². The van der Waals surface area contributed by atoms with E-state index in [4.69, 9.17) is 13.9 Å². The van der Waals surface area contributed by atoms with Gasteiger partial charge in [-0.05, 0) is 24.3 Å². The van der Waals surface area contributed by atoms with Crippen molar-refractivity contribution in [3.63, 3.8) is 0 Å². The molecule has 3 aromatic rings. The molecule has 0 aliphatic carbocycles. The number of rotatable bonds is 4. The van der Waals surface area contributed by atoms with Gasteiger partial charge in [-0.3, -0.25) is 14.4 Å². The van der Waals surface area contributed by atoms with Gasteiger partial charge in [0.05, 0.1) is 5.39 Å². The van der Waals surface area contributed by atoms with Crippen LogP contribution in [0.5, 0.6) is 11.5 Å². The Labute approximate surface area is 171 Å². The molecular weight excluding hydrogens is 388 g/mol. The van der Waals surface area contributed by atoms with Gasteiger partial charge in [0.25, 0.3) is 5.91 Å². The number of nitrogens with one attached hydrogen (secondary N) is 1. The molecule has 1 N–H and O–H groups in total. The lowest BCUT2D eigenvalue weighted by atomic mass is 10.1. The van der Waals surface area contributed by atoms with Crippen LogP contribution >= 0.6 is 0 Å². The number of para-hydroxylation sites is 1. The highest BCUT2D eigenvalue weighted by atomic mass is 16.7. The molecule has 1 aromatic heterocycles. The monoisotopic (exact) mass is 406 g/mol. The molecule has 1 saturated heterocycles. The van der Waals surface area contributed by atoms with E-state index in [1.165, 1.54) is 6.07 Å². The lowest BCUT2D eigenvalue weighted by molar-refractivity contribution is -0.117. The molecule has 8 heteroatoms. The van der Waals surface area contributed by atoms with E-state index in [-0.39, 0.29) is 29.8 Å². The molecule has 30 heavy (non-hydrogen) atoms. The van der Waals surface area contributed by atoms with Crippen LogP contribution in [-0.4, -0.2) is 31.7 Å². The standard InChI is InChI=1S/C22H18N2O6/c25-16-9-20(30-17-4-2-1-3-15(16)17)22(27)23-10-13-7-21(26)24(11-13)14-5-6-18-19(8-14)29-12-28-18/h1-6,8-9,13H,7,10-12H2,(H,23,27). The van der Waals surface area contributed by atoms with Crippen LogP contribution in [-0.2, 0) is 4.79 Å². The van der Waals surface area contributed by atoms with Crippen molar-refractivity contribution in [3.05, 3.63) is 64.5 Å². The van der Waals surface area contributed by atoms with E-state index in [0.29, 0.717) is 42.0 Å². The molecule has 5 rings (SSSR count). The molecule has 2 amide bonds. The Kier molecular flexibility index (Phi) is 4.39. The molecule has 3 heterocycles. The van der Waals surface area contributed by atoms with Gasteiger partial charge in [0.1, 0.15) is 5.58 Å². The maximum atomic E-state index is 12.5. The van der Waals surface area contributed by atoms with Crippen LogP contribution in [0, 0.1) is 5.92 Å². The summed E-state index contributed by atoms with van der Waals surface area (Å²) in [6.07, 6.45) is 0.316. The van der Waals surface area contributed by atoms with Gasteiger partial charge >= 0.3 is 0 Å². The summed E-state index contributed by atoms with van der Waals surface area (Å²) in [6.45, 7) is 0.939. The summed E-state index contributed by atoms with van der Waals surface area (Å²) in [7, 11) is 0. The zero-order valence-corrected chi connectivity index (χ0v) is 15.9. The summed E-state index contributed by atoms with van der Waals surface area (Å²) >= 11 is 0. The van der Waals surface area contributed by atoms with Crippen LogP contribution in [0.15, 0.2) is 57.7 Å². The molecule has 152 valence electrons. The highest BCUT2D eigenvalue weighted by molar-refractivity contribution is 5.96. The first-order valence-electron chi connectivity index (χ1n) is 9.59. The van der Waals surface area contributed by atoms with Gasteiger partial charge in [-0.2, -0.15) is 0 Å². The quantitative estimate of drug-likeness (QED) is 0.714. The molecule has 0 spiro atoms. The lowest BCUT2D eigenvalue weighted by Crippen LogP contribution is -2.31. The minimum absolute atomic E-state index is 0.0228. The Morgan fingerprint density at radius 1 is 1.07 bits per heavy atom. The second-order valence-corrected chi connectivity index (χ2v) is 7.29. The fraction of sp³-hybridized carbons (Fsp3) is 0.227. The smallest absolute Gasteiger partial charge is 0.287 e. The van der Waals surface area contributed by atoms with E-state index in [9.17, 15) is 14.4 Å². The van der Waals surface area contributed by atoms with E-state index in [1.54, 1.807) is 41.3 Å². The fourth-order valence-corrected chi connectivity index (χ4v) is 3.76. The van der Waals surface area contributed by atoms with Crippen LogP contribution in [0.1, 0.15) is 17.0 Å². The Morgan fingerprint density at radius 2 is 1.90 bits per heavy atom. The minimum Gasteiger partial charge on any atom is -0.454 e. The van der Waals surface area contributed by atoms with E-state index in [0.717, 1.165) is 5.69 Å². The SMILES string of the molecule is O=C(NCC1CC(=O)N(c2ccc3c(c2)OCO3)C1)c1cc(=O)c2ccccc2o1. The number of fused-ring (bicyclic) bond motifs is 2. The van der Waals surface area contributed by atoms with E-state index in [2.05, 4.69) is 5.32 Å². The molecule has 0 bridgehead atoms. The van der Waals surface area contributed by atoms with Crippen molar-refractivity contribution in [2.24, 2.45) is 5.92 Å². The van der Waals surface area contributed by atoms with Crippen LogP contribution < -0.4 is 25.1 Å². The number of hydrogen-bond acceptors (Lipinski definition) is 6. The second-order valence-electron chi connectivity index (χ2n) is 7.29. The van der Waals surface area contributed by atoms with Gasteiger partial charge in [0.15, 0.2) is 22.7 Å². The topological polar surface area (TPSA) is 98.1 Å². The summed E-state index contributed by atoms with van der Waals surface area (Å²) in [5, 5.41) is 3.20. The third kappa shape index (κ3) is 3.26. The average molecular weight is 406 g/mol. The molecule has 0 saturated carbocycles. The fourth-order valence-electron chi connectivity index (χ4n) is 3.76. The molecular formula is C22H18N2O6. The first-order chi connectivity index (χ1) is 14.6. The van der Waals surface area contributed by atoms with Gasteiger partial charge in [-0.15, -0.1) is 0 Å². The van der Waals surface area contributed by atoms with Crippen molar-refractivity contribution in [1.82, 2.24) is 5.32 Å². The summed E-state index contributed by atoms with van der Waals surface area (Å²) in [4.78, 5) is 38.8. The number of hydrogen-bond donors (Lipinski definition) is 1. The van der Waals surface area contributed by atoms with Gasteiger partial charge in [0, 0.05) is 43.2 Å². The van der Waals surface area contributed by atoms with Crippen molar-refractivity contribution in [3.8, 4) is 11.5 Å². The Balaban J connectivity index is 1.25. The summed E-state index contributed by atoms with van der Waals surface area (Å²) in [5.74, 6) is 0.668. The van der Waals surface area contributed by atoms with E-state index >= 15 is 0 Å². The van der Waals surface area contributed by atoms with Gasteiger partial charge in [0.2, 0.25) is 12.7 Å². The summed E-state index contributed by atoms with van der Waals surface area (Å²) in [6, 6.07) is 13.3. The second kappa shape index (κ2) is 7.22. The number of ether oxygens (including phenoxy) is 2. The molecule has 2 aliphatic heterocycles. The summed E-state index contributed by atoms with van der Waals surface area (Å²) < 4.78 is 16.2. The van der Waals surface area contributed by atoms with Crippen molar-refractivity contribution in [2.75, 3.05) is 24.8 Å². The summed E-state index contributed by atoms with van der Waals surface area (Å²) in [5.41, 5.74) is 0.825. The van der Waals surface area contributed by atoms with Crippen molar-refractivity contribution in [1.29, 1.82) is 0 Å². The van der Waals surface area contributed by atoms with Gasteiger partial charge in [-0.1, -0.05) is 12.1 Å². The number of nitrogens with zero attached hydrogens (tertiary/aromatic N) is 1. The number of amides is 2. The van der Waals surface area contributed by atoms with Gasteiger partial charge < -0.3 is 24.1 Å². The number of benzene rings is 2. The Hall–Kier alpha value is -3.81. The van der Waals surface area contributed by atoms with Crippen molar-refractivity contribution < 1.29 is 23.5 Å². The minimum atomic E-state index is -0.480. The molecule has 2 aromatic carbocycles. The van der Waals surface area contributed by atoms with Gasteiger partial charge in [-0.25, -0.2) is 0 Å². The number of carbonyl (C=O) groups excluding carboxylic acids is 2. The normalized spacial score (nSPS) is 17.5. The lowest BCUT2D eigenvalue weighted by Gasteiger charge is -2.17. The molecule has 2 aliphatic rings. The molecule has 8 nitrogen and oxygen atoms in total. The maximum absolute atomic E-state index is 12.5. The predicted molar refractivity (Wildman–Crippen MR) is 108 cm³/mol. The first kappa shape index (κ1) is 18.2. The average Bonchev–Trinajstić information content (AvgIpc) is 3.37. The predicted octanol–water partition coefficient (Wildman–Crippen LogP) is 2.30. The van der Waals surface area contributed by atoms with Crippen molar-refractivity contribution in [2.45, 2.75) is 6.42 Å². The third-order valence-electron chi connectivity index (χ3n) is 5.28. The van der Waals surface area contributed by atoms with E-state index < -0.39 is 5.91 Å². The maximum Gasteiger partial charge on any atom is 0.287 e. The van der Waals surface area contributed by atoms with Crippen LogP contribution in [0.4, 0.5) is 5.69 Å². The number of carbonyl (C=O) groups is 2. The number of anilines is 1. The Morgan fingerprint density at radius 3 is 2.80 bits per heavy atom. The highest BCUT2D eigenvalue weighted by Gasteiger charge is 2.32. The molecule has 1 fully saturated rings. The van der Waals surface area contributed by atoms with Crippen LogP contribution in [0.2, 0.25) is 0 Å². The third-order valence-corrected chi connectivity index (χ3v) is 5.28. The zero-order chi connectivity index (χ0) is 20.7. The van der Waals surface area contributed by atoms with E-state index in [1.807, 2.05) is 6.07 Å². The zero-order valence-electron chi connectivity index (χ0n) is 15.9. The molecule has 1 unspecified atom stereocenters. The van der Waals surface area contributed by atoms with Crippen LogP contribution in [0.25, 0.3) is 11.0 Å². The largest absolute Gasteiger partial charge is 0.454 e. The molecule has 0 radical (unpaired) electrons. The Bertz CT molecular complexity index is 1220. The van der Waals surface area contributed by atoms with Crippen LogP contribution in [0.3, 0.4) is 0 Å². The highest BCUT2D eigenvalue weighted by Crippen LogP contribution is 2.37.